The molecular formula is C7H14O7. The zero-order valence-corrected chi connectivity index (χ0v) is 7.32. The maximum atomic E-state index is 9.43. The molecular weight excluding hydrogens is 196 g/mol. The van der Waals surface area contributed by atoms with Crippen LogP contribution in [0.25, 0.3) is 0 Å². The zero-order valence-electron chi connectivity index (χ0n) is 7.32. The smallest absolute Gasteiger partial charge is 0.219 e. The van der Waals surface area contributed by atoms with E-state index in [1.165, 1.54) is 0 Å². The minimum Gasteiger partial charge on any atom is -0.394 e. The van der Waals surface area contributed by atoms with E-state index < -0.39 is 43.4 Å². The van der Waals surface area contributed by atoms with Crippen molar-refractivity contribution in [2.24, 2.45) is 0 Å². The molecule has 0 saturated carbocycles. The molecule has 6 N–H and O–H groups in total. The van der Waals surface area contributed by atoms with Crippen molar-refractivity contribution in [1.82, 2.24) is 0 Å². The first kappa shape index (κ1) is 11.8. The molecule has 1 saturated heterocycles. The van der Waals surface area contributed by atoms with E-state index in [4.69, 9.17) is 10.2 Å². The number of hydrogen-bond acceptors (Lipinski definition) is 7. The lowest BCUT2D eigenvalue weighted by Crippen LogP contribution is -2.66. The number of rotatable bonds is 2. The first-order chi connectivity index (χ1) is 6.46. The van der Waals surface area contributed by atoms with E-state index in [1.54, 1.807) is 0 Å². The molecule has 0 aromatic heterocycles. The van der Waals surface area contributed by atoms with Gasteiger partial charge in [-0.1, -0.05) is 0 Å². The van der Waals surface area contributed by atoms with Crippen molar-refractivity contribution in [2.75, 3.05) is 13.2 Å². The Morgan fingerprint density at radius 1 is 1.07 bits per heavy atom. The van der Waals surface area contributed by atoms with Gasteiger partial charge in [0.25, 0.3) is 0 Å². The summed E-state index contributed by atoms with van der Waals surface area (Å²) >= 11 is 0. The van der Waals surface area contributed by atoms with Crippen molar-refractivity contribution in [2.45, 2.75) is 30.2 Å². The molecule has 1 unspecified atom stereocenters. The fourth-order valence-electron chi connectivity index (χ4n) is 1.35. The maximum absolute atomic E-state index is 9.43. The third-order valence-corrected chi connectivity index (χ3v) is 2.28. The van der Waals surface area contributed by atoms with Gasteiger partial charge in [0.15, 0.2) is 0 Å². The summed E-state index contributed by atoms with van der Waals surface area (Å²) < 4.78 is 4.66. The molecule has 7 heteroatoms. The fraction of sp³-hybridized carbons (Fsp3) is 1.00. The standard InChI is InChI=1S/C7H14O7/c8-1-3-4(10)5(11)6(12)7(13,2-9)14-3/h3-6,8-13H,1-2H2/t3-,4-,5+,6+,7?/m1/s1. The van der Waals surface area contributed by atoms with Crippen LogP contribution < -0.4 is 0 Å². The summed E-state index contributed by atoms with van der Waals surface area (Å²) in [5, 5.41) is 54.6. The van der Waals surface area contributed by atoms with Gasteiger partial charge in [-0.05, 0) is 0 Å². The molecule has 14 heavy (non-hydrogen) atoms. The van der Waals surface area contributed by atoms with E-state index in [1.807, 2.05) is 0 Å². The fourth-order valence-corrected chi connectivity index (χ4v) is 1.35. The highest BCUT2D eigenvalue weighted by Gasteiger charge is 2.52. The van der Waals surface area contributed by atoms with Gasteiger partial charge >= 0.3 is 0 Å². The molecule has 5 atom stereocenters. The van der Waals surface area contributed by atoms with E-state index in [0.29, 0.717) is 0 Å². The summed E-state index contributed by atoms with van der Waals surface area (Å²) in [5.41, 5.74) is 0. The number of ether oxygens (including phenoxy) is 1. The molecule has 0 spiro atoms. The van der Waals surface area contributed by atoms with E-state index in [2.05, 4.69) is 4.74 Å². The Morgan fingerprint density at radius 3 is 2.07 bits per heavy atom. The molecule has 0 radical (unpaired) electrons. The Hall–Kier alpha value is -0.280. The van der Waals surface area contributed by atoms with Crippen molar-refractivity contribution >= 4 is 0 Å². The number of aliphatic hydroxyl groups excluding tert-OH is 5. The minimum absolute atomic E-state index is 0.646. The van der Waals surface area contributed by atoms with Gasteiger partial charge in [-0.15, -0.1) is 0 Å². The lowest BCUT2D eigenvalue weighted by Gasteiger charge is -2.44. The largest absolute Gasteiger partial charge is 0.394 e. The van der Waals surface area contributed by atoms with Crippen LogP contribution >= 0.6 is 0 Å². The lowest BCUT2D eigenvalue weighted by atomic mass is 9.93. The number of aliphatic hydroxyl groups is 6. The summed E-state index contributed by atoms with van der Waals surface area (Å²) in [5.74, 6) is -2.36. The topological polar surface area (TPSA) is 131 Å². The Morgan fingerprint density at radius 2 is 1.64 bits per heavy atom. The molecule has 1 heterocycles. The SMILES string of the molecule is OC[C@H]1OC(O)(CO)[C@@H](O)[C@@H](O)[C@@H]1O. The van der Waals surface area contributed by atoms with Crippen molar-refractivity contribution in [3.8, 4) is 0 Å². The lowest BCUT2D eigenvalue weighted by molar-refractivity contribution is -0.357. The molecule has 84 valence electrons. The molecule has 1 rings (SSSR count). The average molecular weight is 210 g/mol. The zero-order chi connectivity index (χ0) is 10.9. The van der Waals surface area contributed by atoms with Gasteiger partial charge in [0.1, 0.15) is 24.4 Å². The molecule has 1 aliphatic heterocycles. The second-order valence-corrected chi connectivity index (χ2v) is 3.27. The van der Waals surface area contributed by atoms with Crippen LogP contribution in [0.2, 0.25) is 0 Å². The third kappa shape index (κ3) is 1.75. The van der Waals surface area contributed by atoms with Gasteiger partial charge in [-0.3, -0.25) is 0 Å². The van der Waals surface area contributed by atoms with Crippen LogP contribution in [0.15, 0.2) is 0 Å². The van der Waals surface area contributed by atoms with Gasteiger partial charge in [0, 0.05) is 0 Å². The monoisotopic (exact) mass is 210 g/mol. The van der Waals surface area contributed by atoms with E-state index in [-0.39, 0.29) is 0 Å². The second kappa shape index (κ2) is 4.07. The van der Waals surface area contributed by atoms with Crippen LogP contribution in [0.4, 0.5) is 0 Å². The van der Waals surface area contributed by atoms with Gasteiger partial charge in [-0.2, -0.15) is 0 Å². The molecule has 0 aromatic rings. The van der Waals surface area contributed by atoms with Crippen LogP contribution in [0.1, 0.15) is 0 Å². The van der Waals surface area contributed by atoms with Crippen molar-refractivity contribution < 1.29 is 35.4 Å². The quantitative estimate of drug-likeness (QED) is 0.275. The van der Waals surface area contributed by atoms with Crippen LogP contribution in [0, 0.1) is 0 Å². The second-order valence-electron chi connectivity index (χ2n) is 3.27. The highest BCUT2D eigenvalue weighted by Crippen LogP contribution is 2.27. The summed E-state index contributed by atoms with van der Waals surface area (Å²) in [6, 6.07) is 0. The predicted octanol–water partition coefficient (Wildman–Crippen LogP) is -3.86. The Labute approximate surface area is 79.8 Å². The third-order valence-electron chi connectivity index (χ3n) is 2.28. The number of hydrogen-bond donors (Lipinski definition) is 6. The van der Waals surface area contributed by atoms with Crippen LogP contribution in [0.5, 0.6) is 0 Å². The van der Waals surface area contributed by atoms with Crippen molar-refractivity contribution in [3.63, 3.8) is 0 Å². The molecule has 1 fully saturated rings. The van der Waals surface area contributed by atoms with Crippen molar-refractivity contribution in [3.05, 3.63) is 0 Å². The summed E-state index contributed by atoms with van der Waals surface area (Å²) in [4.78, 5) is 0. The van der Waals surface area contributed by atoms with Crippen LogP contribution in [-0.4, -0.2) is 74.1 Å². The van der Waals surface area contributed by atoms with E-state index in [0.717, 1.165) is 0 Å². The molecule has 0 aliphatic carbocycles. The maximum Gasteiger partial charge on any atom is 0.219 e. The van der Waals surface area contributed by atoms with Crippen molar-refractivity contribution in [1.29, 1.82) is 0 Å². The summed E-state index contributed by atoms with van der Waals surface area (Å²) in [6.07, 6.45) is -6.27. The van der Waals surface area contributed by atoms with Gasteiger partial charge < -0.3 is 35.4 Å². The van der Waals surface area contributed by atoms with Gasteiger partial charge in [-0.25, -0.2) is 0 Å². The molecule has 1 aliphatic rings. The Balaban J connectivity index is 2.84. The summed E-state index contributed by atoms with van der Waals surface area (Å²) in [6.45, 7) is -1.60. The average Bonchev–Trinajstić information content (AvgIpc) is 2.20. The summed E-state index contributed by atoms with van der Waals surface area (Å²) in [7, 11) is 0. The predicted molar refractivity (Wildman–Crippen MR) is 42.0 cm³/mol. The van der Waals surface area contributed by atoms with Gasteiger partial charge in [0.2, 0.25) is 5.79 Å². The van der Waals surface area contributed by atoms with Gasteiger partial charge in [0.05, 0.1) is 13.2 Å². The first-order valence-corrected chi connectivity index (χ1v) is 4.12. The molecule has 0 bridgehead atoms. The highest BCUT2D eigenvalue weighted by atomic mass is 16.7. The molecule has 7 nitrogen and oxygen atoms in total. The molecule has 0 aromatic carbocycles. The van der Waals surface area contributed by atoms with Crippen LogP contribution in [0.3, 0.4) is 0 Å². The van der Waals surface area contributed by atoms with E-state index in [9.17, 15) is 20.4 Å². The normalized spacial score (nSPS) is 49.3. The Kier molecular flexibility index (Phi) is 3.43. The van der Waals surface area contributed by atoms with Crippen LogP contribution in [-0.2, 0) is 4.74 Å². The minimum atomic E-state index is -2.36. The van der Waals surface area contributed by atoms with E-state index >= 15 is 0 Å². The Bertz CT molecular complexity index is 196. The first-order valence-electron chi connectivity index (χ1n) is 4.12. The highest BCUT2D eigenvalue weighted by molar-refractivity contribution is 4.95. The molecule has 0 amide bonds.